The summed E-state index contributed by atoms with van der Waals surface area (Å²) in [5, 5.41) is 3.19. The Balaban J connectivity index is 2.00. The number of aromatic nitrogens is 1. The molecular weight excluding hydrogens is 226 g/mol. The minimum absolute atomic E-state index is 0.413. The SMILES string of the molecule is Cc1cccc(CNc2ccc(C(N)=O)cn2)c1. The van der Waals surface area contributed by atoms with Gasteiger partial charge in [0.2, 0.25) is 5.91 Å². The Morgan fingerprint density at radius 3 is 2.78 bits per heavy atom. The molecule has 3 N–H and O–H groups in total. The van der Waals surface area contributed by atoms with Gasteiger partial charge in [-0.3, -0.25) is 4.79 Å². The van der Waals surface area contributed by atoms with Crippen LogP contribution in [0, 0.1) is 6.92 Å². The molecule has 0 saturated carbocycles. The predicted molar refractivity (Wildman–Crippen MR) is 71.3 cm³/mol. The van der Waals surface area contributed by atoms with Gasteiger partial charge in [0.05, 0.1) is 5.56 Å². The Morgan fingerprint density at radius 2 is 2.17 bits per heavy atom. The van der Waals surface area contributed by atoms with E-state index in [1.165, 1.54) is 17.3 Å². The third-order valence-electron chi connectivity index (χ3n) is 2.60. The fraction of sp³-hybridized carbons (Fsp3) is 0.143. The molecule has 0 radical (unpaired) electrons. The maximum absolute atomic E-state index is 10.9. The van der Waals surface area contributed by atoms with Gasteiger partial charge >= 0.3 is 0 Å². The van der Waals surface area contributed by atoms with Gasteiger partial charge in [-0.15, -0.1) is 0 Å². The number of nitrogens with one attached hydrogen (secondary N) is 1. The van der Waals surface area contributed by atoms with Crippen LogP contribution in [-0.2, 0) is 6.54 Å². The number of amides is 1. The molecular formula is C14H15N3O. The van der Waals surface area contributed by atoms with Crippen molar-refractivity contribution in [2.75, 3.05) is 5.32 Å². The van der Waals surface area contributed by atoms with Crippen molar-refractivity contribution in [3.8, 4) is 0 Å². The van der Waals surface area contributed by atoms with Crippen molar-refractivity contribution < 1.29 is 4.79 Å². The highest BCUT2D eigenvalue weighted by molar-refractivity contribution is 5.92. The quantitative estimate of drug-likeness (QED) is 0.861. The number of pyridine rings is 1. The third kappa shape index (κ3) is 3.07. The summed E-state index contributed by atoms with van der Waals surface area (Å²) in [4.78, 5) is 15.0. The van der Waals surface area contributed by atoms with E-state index in [0.717, 1.165) is 5.82 Å². The minimum Gasteiger partial charge on any atom is -0.366 e. The number of nitrogens with two attached hydrogens (primary N) is 1. The van der Waals surface area contributed by atoms with Gasteiger partial charge in [0.25, 0.3) is 0 Å². The lowest BCUT2D eigenvalue weighted by Gasteiger charge is -2.06. The number of primary amides is 1. The van der Waals surface area contributed by atoms with Crippen molar-refractivity contribution in [1.29, 1.82) is 0 Å². The highest BCUT2D eigenvalue weighted by Gasteiger charge is 2.00. The average molecular weight is 241 g/mol. The van der Waals surface area contributed by atoms with Crippen molar-refractivity contribution in [1.82, 2.24) is 4.98 Å². The van der Waals surface area contributed by atoms with Crippen LogP contribution in [0.3, 0.4) is 0 Å². The Labute approximate surface area is 106 Å². The largest absolute Gasteiger partial charge is 0.366 e. The second-order valence-electron chi connectivity index (χ2n) is 4.14. The lowest BCUT2D eigenvalue weighted by molar-refractivity contribution is 0.1000. The summed E-state index contributed by atoms with van der Waals surface area (Å²) in [7, 11) is 0. The molecule has 1 aromatic heterocycles. The summed E-state index contributed by atoms with van der Waals surface area (Å²) in [6.45, 7) is 2.76. The maximum atomic E-state index is 10.9. The van der Waals surface area contributed by atoms with Crippen LogP contribution in [0.25, 0.3) is 0 Å². The second-order valence-corrected chi connectivity index (χ2v) is 4.14. The summed E-state index contributed by atoms with van der Waals surface area (Å²) in [6, 6.07) is 11.7. The number of hydrogen-bond donors (Lipinski definition) is 2. The number of anilines is 1. The zero-order valence-corrected chi connectivity index (χ0v) is 10.2. The lowest BCUT2D eigenvalue weighted by Crippen LogP contribution is -2.11. The van der Waals surface area contributed by atoms with Crippen LogP contribution in [0.1, 0.15) is 21.5 Å². The zero-order valence-electron chi connectivity index (χ0n) is 10.2. The number of carbonyl (C=O) groups is 1. The predicted octanol–water partition coefficient (Wildman–Crippen LogP) is 2.10. The van der Waals surface area contributed by atoms with Gasteiger partial charge in [0, 0.05) is 12.7 Å². The van der Waals surface area contributed by atoms with Crippen molar-refractivity contribution in [2.24, 2.45) is 5.73 Å². The van der Waals surface area contributed by atoms with Gasteiger partial charge < -0.3 is 11.1 Å². The molecule has 0 aliphatic carbocycles. The average Bonchev–Trinajstić information content (AvgIpc) is 2.37. The Morgan fingerprint density at radius 1 is 1.33 bits per heavy atom. The molecule has 0 fully saturated rings. The molecule has 0 unspecified atom stereocenters. The minimum atomic E-state index is -0.465. The van der Waals surface area contributed by atoms with Crippen LogP contribution in [0.15, 0.2) is 42.6 Å². The fourth-order valence-electron chi connectivity index (χ4n) is 1.66. The van der Waals surface area contributed by atoms with Crippen LogP contribution >= 0.6 is 0 Å². The molecule has 1 heterocycles. The van der Waals surface area contributed by atoms with Gasteiger partial charge in [-0.05, 0) is 24.6 Å². The molecule has 1 aromatic carbocycles. The van der Waals surface area contributed by atoms with E-state index in [2.05, 4.69) is 35.4 Å². The number of nitrogens with zero attached hydrogens (tertiary/aromatic N) is 1. The van der Waals surface area contributed by atoms with E-state index in [4.69, 9.17) is 5.73 Å². The number of rotatable bonds is 4. The van der Waals surface area contributed by atoms with E-state index < -0.39 is 5.91 Å². The van der Waals surface area contributed by atoms with Crippen molar-refractivity contribution >= 4 is 11.7 Å². The van der Waals surface area contributed by atoms with Crippen LogP contribution in [0.2, 0.25) is 0 Å². The molecule has 4 nitrogen and oxygen atoms in total. The smallest absolute Gasteiger partial charge is 0.250 e. The molecule has 92 valence electrons. The second kappa shape index (κ2) is 5.31. The standard InChI is InChI=1S/C14H15N3O/c1-10-3-2-4-11(7-10)8-16-13-6-5-12(9-17-13)14(15)18/h2-7,9H,8H2,1H3,(H2,15,18)(H,16,17). The lowest BCUT2D eigenvalue weighted by atomic mass is 10.1. The Bertz CT molecular complexity index is 549. The topological polar surface area (TPSA) is 68.0 Å². The first-order chi connectivity index (χ1) is 8.65. The van der Waals surface area contributed by atoms with Crippen LogP contribution in [-0.4, -0.2) is 10.9 Å². The molecule has 0 atom stereocenters. The summed E-state index contributed by atoms with van der Waals surface area (Å²) < 4.78 is 0. The molecule has 0 bridgehead atoms. The van der Waals surface area contributed by atoms with Gasteiger partial charge in [0.15, 0.2) is 0 Å². The van der Waals surface area contributed by atoms with E-state index in [0.29, 0.717) is 12.1 Å². The van der Waals surface area contributed by atoms with E-state index in [1.807, 2.05) is 6.07 Å². The fourth-order valence-corrected chi connectivity index (χ4v) is 1.66. The van der Waals surface area contributed by atoms with Crippen LogP contribution < -0.4 is 11.1 Å². The molecule has 2 aromatic rings. The molecule has 18 heavy (non-hydrogen) atoms. The first-order valence-electron chi connectivity index (χ1n) is 5.70. The summed E-state index contributed by atoms with van der Waals surface area (Å²) in [5.41, 5.74) is 7.98. The first kappa shape index (κ1) is 12.1. The first-order valence-corrected chi connectivity index (χ1v) is 5.70. The molecule has 1 amide bonds. The van der Waals surface area contributed by atoms with E-state index in [-0.39, 0.29) is 0 Å². The highest BCUT2D eigenvalue weighted by Crippen LogP contribution is 2.08. The normalized spacial score (nSPS) is 10.1. The van der Waals surface area contributed by atoms with Crippen molar-refractivity contribution in [3.05, 3.63) is 59.3 Å². The van der Waals surface area contributed by atoms with E-state index >= 15 is 0 Å². The van der Waals surface area contributed by atoms with Gasteiger partial charge in [-0.2, -0.15) is 0 Å². The molecule has 0 aliphatic rings. The molecule has 0 saturated heterocycles. The number of aryl methyl sites for hydroxylation is 1. The third-order valence-corrected chi connectivity index (χ3v) is 2.60. The van der Waals surface area contributed by atoms with E-state index in [9.17, 15) is 4.79 Å². The van der Waals surface area contributed by atoms with Gasteiger partial charge in [-0.25, -0.2) is 4.98 Å². The Hall–Kier alpha value is -2.36. The molecule has 4 heteroatoms. The van der Waals surface area contributed by atoms with Gasteiger partial charge in [0.1, 0.15) is 5.82 Å². The maximum Gasteiger partial charge on any atom is 0.250 e. The van der Waals surface area contributed by atoms with Gasteiger partial charge in [-0.1, -0.05) is 29.8 Å². The summed E-state index contributed by atoms with van der Waals surface area (Å²) in [5.74, 6) is 0.259. The van der Waals surface area contributed by atoms with Crippen molar-refractivity contribution in [3.63, 3.8) is 0 Å². The van der Waals surface area contributed by atoms with E-state index in [1.54, 1.807) is 12.1 Å². The Kier molecular flexibility index (Phi) is 3.57. The number of hydrogen-bond acceptors (Lipinski definition) is 3. The summed E-state index contributed by atoms with van der Waals surface area (Å²) >= 11 is 0. The van der Waals surface area contributed by atoms with Crippen LogP contribution in [0.4, 0.5) is 5.82 Å². The monoisotopic (exact) mass is 241 g/mol. The number of carbonyl (C=O) groups excluding carboxylic acids is 1. The summed E-state index contributed by atoms with van der Waals surface area (Å²) in [6.07, 6.45) is 1.47. The molecule has 2 rings (SSSR count). The zero-order chi connectivity index (χ0) is 13.0. The van der Waals surface area contributed by atoms with Crippen LogP contribution in [0.5, 0.6) is 0 Å². The van der Waals surface area contributed by atoms with Crippen molar-refractivity contribution in [2.45, 2.75) is 13.5 Å². The highest BCUT2D eigenvalue weighted by atomic mass is 16.1. The number of benzene rings is 1. The molecule has 0 aliphatic heterocycles. The molecule has 0 spiro atoms.